The van der Waals surface area contributed by atoms with E-state index in [9.17, 15) is 19.5 Å². The SMILES string of the molecule is O=C(O)C1CN(C(=O)C2CCCN(C(=O)C3CC3)C2)CC1c1ccccc1. The van der Waals surface area contributed by atoms with Crippen LogP contribution < -0.4 is 0 Å². The van der Waals surface area contributed by atoms with Crippen molar-refractivity contribution in [3.8, 4) is 0 Å². The molecule has 1 aliphatic carbocycles. The molecule has 3 atom stereocenters. The molecule has 3 aliphatic rings. The van der Waals surface area contributed by atoms with Crippen molar-refractivity contribution >= 4 is 17.8 Å². The normalized spacial score (nSPS) is 28.2. The van der Waals surface area contributed by atoms with Crippen molar-refractivity contribution in [1.29, 1.82) is 0 Å². The second-order valence-corrected chi connectivity index (χ2v) is 8.10. The van der Waals surface area contributed by atoms with Crippen LogP contribution in [-0.2, 0) is 14.4 Å². The molecule has 27 heavy (non-hydrogen) atoms. The number of nitrogens with zero attached hydrogens (tertiary/aromatic N) is 2. The maximum Gasteiger partial charge on any atom is 0.308 e. The zero-order valence-corrected chi connectivity index (χ0v) is 15.4. The maximum atomic E-state index is 13.1. The summed E-state index contributed by atoms with van der Waals surface area (Å²) in [6.45, 7) is 1.91. The molecule has 3 fully saturated rings. The number of amides is 2. The number of carboxylic acid groups (broad SMARTS) is 1. The summed E-state index contributed by atoms with van der Waals surface area (Å²) in [5.74, 6) is -1.44. The lowest BCUT2D eigenvalue weighted by molar-refractivity contribution is -0.142. The first-order valence-corrected chi connectivity index (χ1v) is 9.90. The van der Waals surface area contributed by atoms with Gasteiger partial charge in [0.05, 0.1) is 11.8 Å². The van der Waals surface area contributed by atoms with Gasteiger partial charge in [-0.2, -0.15) is 0 Å². The van der Waals surface area contributed by atoms with Gasteiger partial charge in [0.25, 0.3) is 0 Å². The maximum absolute atomic E-state index is 13.1. The standard InChI is InChI=1S/C21H26N2O4/c24-19(15-8-9-15)22-10-4-7-16(11-22)20(25)23-12-17(18(13-23)21(26)27)14-5-2-1-3-6-14/h1-3,5-6,15-18H,4,7-13H2,(H,26,27). The van der Waals surface area contributed by atoms with Crippen LogP contribution in [0.2, 0.25) is 0 Å². The number of piperidine rings is 1. The van der Waals surface area contributed by atoms with E-state index in [2.05, 4.69) is 0 Å². The summed E-state index contributed by atoms with van der Waals surface area (Å²) in [5, 5.41) is 9.65. The Morgan fingerprint density at radius 3 is 2.22 bits per heavy atom. The van der Waals surface area contributed by atoms with Crippen molar-refractivity contribution in [3.05, 3.63) is 35.9 Å². The fourth-order valence-corrected chi connectivity index (χ4v) is 4.50. The van der Waals surface area contributed by atoms with Gasteiger partial charge >= 0.3 is 5.97 Å². The van der Waals surface area contributed by atoms with Crippen molar-refractivity contribution in [2.45, 2.75) is 31.6 Å². The number of benzene rings is 1. The van der Waals surface area contributed by atoms with E-state index >= 15 is 0 Å². The summed E-state index contributed by atoms with van der Waals surface area (Å²) >= 11 is 0. The second-order valence-electron chi connectivity index (χ2n) is 8.10. The number of carbonyl (C=O) groups is 3. The Morgan fingerprint density at radius 2 is 1.56 bits per heavy atom. The first kappa shape index (κ1) is 18.0. The van der Waals surface area contributed by atoms with Gasteiger partial charge in [-0.3, -0.25) is 14.4 Å². The van der Waals surface area contributed by atoms with E-state index in [0.29, 0.717) is 13.1 Å². The molecule has 2 amide bonds. The van der Waals surface area contributed by atoms with Gasteiger partial charge < -0.3 is 14.9 Å². The molecule has 3 unspecified atom stereocenters. The van der Waals surface area contributed by atoms with Gasteiger partial charge in [0.15, 0.2) is 0 Å². The van der Waals surface area contributed by atoms with Crippen LogP contribution in [0.5, 0.6) is 0 Å². The first-order chi connectivity index (χ1) is 13.0. The summed E-state index contributed by atoms with van der Waals surface area (Å²) in [5.41, 5.74) is 0.967. The fourth-order valence-electron chi connectivity index (χ4n) is 4.50. The molecule has 2 heterocycles. The Hall–Kier alpha value is -2.37. The minimum absolute atomic E-state index is 0.00739. The van der Waals surface area contributed by atoms with Crippen LogP contribution in [0.3, 0.4) is 0 Å². The molecule has 0 bridgehead atoms. The predicted molar refractivity (Wildman–Crippen MR) is 98.9 cm³/mol. The molecule has 1 N–H and O–H groups in total. The third kappa shape index (κ3) is 3.70. The van der Waals surface area contributed by atoms with Crippen LogP contribution in [0.15, 0.2) is 30.3 Å². The highest BCUT2D eigenvalue weighted by atomic mass is 16.4. The average Bonchev–Trinajstić information content (AvgIpc) is 3.45. The van der Waals surface area contributed by atoms with E-state index in [4.69, 9.17) is 0 Å². The molecule has 6 nitrogen and oxygen atoms in total. The van der Waals surface area contributed by atoms with Gasteiger partial charge in [-0.25, -0.2) is 0 Å². The van der Waals surface area contributed by atoms with Crippen LogP contribution in [0.25, 0.3) is 0 Å². The third-order valence-electron chi connectivity index (χ3n) is 6.19. The summed E-state index contributed by atoms with van der Waals surface area (Å²) < 4.78 is 0. The lowest BCUT2D eigenvalue weighted by Crippen LogP contribution is -2.46. The van der Waals surface area contributed by atoms with Crippen molar-refractivity contribution in [2.75, 3.05) is 26.2 Å². The van der Waals surface area contributed by atoms with Crippen LogP contribution in [0.1, 0.15) is 37.2 Å². The largest absolute Gasteiger partial charge is 0.481 e. The molecular formula is C21H26N2O4. The van der Waals surface area contributed by atoms with E-state index in [1.54, 1.807) is 4.90 Å². The van der Waals surface area contributed by atoms with Gasteiger partial charge in [-0.1, -0.05) is 30.3 Å². The molecule has 6 heteroatoms. The zero-order valence-electron chi connectivity index (χ0n) is 15.4. The van der Waals surface area contributed by atoms with Crippen LogP contribution in [0.4, 0.5) is 0 Å². The number of carboxylic acids is 1. The van der Waals surface area contributed by atoms with E-state index in [-0.39, 0.29) is 36.1 Å². The molecule has 2 aliphatic heterocycles. The highest BCUT2D eigenvalue weighted by Crippen LogP contribution is 2.36. The smallest absolute Gasteiger partial charge is 0.308 e. The van der Waals surface area contributed by atoms with E-state index < -0.39 is 11.9 Å². The van der Waals surface area contributed by atoms with Gasteiger partial charge in [0.2, 0.25) is 11.8 Å². The van der Waals surface area contributed by atoms with Crippen LogP contribution >= 0.6 is 0 Å². The summed E-state index contributed by atoms with van der Waals surface area (Å²) in [7, 11) is 0. The highest BCUT2D eigenvalue weighted by Gasteiger charge is 2.43. The number of hydrogen-bond acceptors (Lipinski definition) is 3. The molecule has 0 radical (unpaired) electrons. The van der Waals surface area contributed by atoms with Crippen molar-refractivity contribution in [2.24, 2.45) is 17.8 Å². The minimum atomic E-state index is -0.853. The third-order valence-corrected chi connectivity index (χ3v) is 6.19. The quantitative estimate of drug-likeness (QED) is 0.879. The molecule has 2 saturated heterocycles. The Morgan fingerprint density at radius 1 is 0.852 bits per heavy atom. The summed E-state index contributed by atoms with van der Waals surface area (Å²) in [6.07, 6.45) is 3.56. The number of rotatable bonds is 4. The topological polar surface area (TPSA) is 77.9 Å². The minimum Gasteiger partial charge on any atom is -0.481 e. The Labute approximate surface area is 159 Å². The fraction of sp³-hybridized carbons (Fsp3) is 0.571. The summed E-state index contributed by atoms with van der Waals surface area (Å²) in [4.78, 5) is 40.8. The van der Waals surface area contributed by atoms with Crippen molar-refractivity contribution in [1.82, 2.24) is 9.80 Å². The molecule has 4 rings (SSSR count). The van der Waals surface area contributed by atoms with E-state index in [1.807, 2.05) is 35.2 Å². The summed E-state index contributed by atoms with van der Waals surface area (Å²) in [6, 6.07) is 9.59. The Bertz CT molecular complexity index is 731. The van der Waals surface area contributed by atoms with Gasteiger partial charge in [0.1, 0.15) is 0 Å². The highest BCUT2D eigenvalue weighted by molar-refractivity contribution is 5.84. The van der Waals surface area contributed by atoms with Crippen LogP contribution in [0, 0.1) is 17.8 Å². The Balaban J connectivity index is 1.45. The average molecular weight is 370 g/mol. The van der Waals surface area contributed by atoms with E-state index in [1.165, 1.54) is 0 Å². The lowest BCUT2D eigenvalue weighted by Gasteiger charge is -2.34. The number of carbonyl (C=O) groups excluding carboxylic acids is 2. The zero-order chi connectivity index (χ0) is 19.0. The molecule has 1 aromatic rings. The number of hydrogen-bond donors (Lipinski definition) is 1. The van der Waals surface area contributed by atoms with Crippen molar-refractivity contribution in [3.63, 3.8) is 0 Å². The molecule has 1 aromatic carbocycles. The predicted octanol–water partition coefficient (Wildman–Crippen LogP) is 1.96. The van der Waals surface area contributed by atoms with Gasteiger partial charge in [0, 0.05) is 38.0 Å². The van der Waals surface area contributed by atoms with E-state index in [0.717, 1.165) is 37.8 Å². The van der Waals surface area contributed by atoms with Gasteiger partial charge in [-0.15, -0.1) is 0 Å². The molecule has 0 spiro atoms. The monoisotopic (exact) mass is 370 g/mol. The second kappa shape index (κ2) is 7.33. The number of aliphatic carboxylic acids is 1. The first-order valence-electron chi connectivity index (χ1n) is 9.90. The lowest BCUT2D eigenvalue weighted by atomic mass is 9.89. The van der Waals surface area contributed by atoms with Crippen molar-refractivity contribution < 1.29 is 19.5 Å². The Kier molecular flexibility index (Phi) is 4.89. The van der Waals surface area contributed by atoms with Gasteiger partial charge in [-0.05, 0) is 31.2 Å². The number of likely N-dealkylation sites (tertiary alicyclic amines) is 2. The molecule has 144 valence electrons. The molecule has 0 aromatic heterocycles. The molecule has 1 saturated carbocycles. The van der Waals surface area contributed by atoms with Crippen LogP contribution in [-0.4, -0.2) is 58.9 Å². The molecular weight excluding hydrogens is 344 g/mol.